The fourth-order valence-electron chi connectivity index (χ4n) is 1.79. The number of rotatable bonds is 4. The van der Waals surface area contributed by atoms with Gasteiger partial charge in [0, 0.05) is 19.8 Å². The van der Waals surface area contributed by atoms with Gasteiger partial charge in [0.2, 0.25) is 0 Å². The molecule has 2 heteroatoms. The van der Waals surface area contributed by atoms with E-state index in [2.05, 4.69) is 50.3 Å². The molecule has 0 spiro atoms. The molecule has 0 bridgehead atoms. The number of aryl methyl sites for hydroxylation is 1. The van der Waals surface area contributed by atoms with E-state index in [0.717, 1.165) is 13.0 Å². The second kappa shape index (κ2) is 5.17. The first-order valence-corrected chi connectivity index (χ1v) is 5.48. The lowest BCUT2D eigenvalue weighted by Crippen LogP contribution is -2.13. The van der Waals surface area contributed by atoms with Crippen molar-refractivity contribution in [2.75, 3.05) is 32.6 Å². The Labute approximate surface area is 93.3 Å². The summed E-state index contributed by atoms with van der Waals surface area (Å²) in [6.45, 7) is 5.41. The van der Waals surface area contributed by atoms with E-state index in [0.29, 0.717) is 0 Å². The zero-order valence-electron chi connectivity index (χ0n) is 10.5. The Bertz CT molecular complexity index is 330. The summed E-state index contributed by atoms with van der Waals surface area (Å²) >= 11 is 0. The van der Waals surface area contributed by atoms with Crippen LogP contribution in [0.1, 0.15) is 16.7 Å². The van der Waals surface area contributed by atoms with Crippen LogP contribution >= 0.6 is 0 Å². The second-order valence-corrected chi connectivity index (χ2v) is 4.30. The van der Waals surface area contributed by atoms with Gasteiger partial charge in [-0.15, -0.1) is 0 Å². The Hall–Kier alpha value is -1.02. The quantitative estimate of drug-likeness (QED) is 0.812. The minimum atomic E-state index is 1.04. The van der Waals surface area contributed by atoms with Gasteiger partial charge in [0.1, 0.15) is 0 Å². The van der Waals surface area contributed by atoms with Crippen molar-refractivity contribution in [2.45, 2.75) is 20.3 Å². The van der Waals surface area contributed by atoms with Crippen LogP contribution in [0.15, 0.2) is 12.1 Å². The molecular weight excluding hydrogens is 184 g/mol. The lowest BCUT2D eigenvalue weighted by atomic mass is 10.0. The van der Waals surface area contributed by atoms with Crippen molar-refractivity contribution in [1.29, 1.82) is 0 Å². The van der Waals surface area contributed by atoms with Crippen molar-refractivity contribution in [3.63, 3.8) is 0 Å². The molecule has 0 fully saturated rings. The summed E-state index contributed by atoms with van der Waals surface area (Å²) in [5.41, 5.74) is 5.51. The number of likely N-dealkylation sites (N-methyl/N-ethyl adjacent to an activating group) is 1. The fraction of sp³-hybridized carbons (Fsp3) is 0.538. The first-order chi connectivity index (χ1) is 7.06. The minimum Gasteiger partial charge on any atom is -0.377 e. The maximum absolute atomic E-state index is 3.19. The zero-order chi connectivity index (χ0) is 11.4. The van der Waals surface area contributed by atoms with Crippen LogP contribution in [0.25, 0.3) is 0 Å². The van der Waals surface area contributed by atoms with Crippen LogP contribution < -0.4 is 10.2 Å². The van der Waals surface area contributed by atoms with E-state index in [1.807, 2.05) is 7.05 Å². The molecule has 0 atom stereocenters. The number of nitrogens with one attached hydrogen (secondary N) is 1. The predicted molar refractivity (Wildman–Crippen MR) is 67.9 cm³/mol. The number of benzene rings is 1. The van der Waals surface area contributed by atoms with Gasteiger partial charge in [-0.1, -0.05) is 6.07 Å². The molecule has 0 aliphatic heterocycles. The van der Waals surface area contributed by atoms with Crippen LogP contribution in [0.4, 0.5) is 5.69 Å². The normalized spacial score (nSPS) is 10.5. The molecule has 1 rings (SSSR count). The first-order valence-electron chi connectivity index (χ1n) is 5.48. The molecule has 1 aromatic rings. The molecule has 0 aliphatic carbocycles. The van der Waals surface area contributed by atoms with Gasteiger partial charge in [-0.05, 0) is 56.6 Å². The van der Waals surface area contributed by atoms with E-state index in [1.54, 1.807) is 0 Å². The van der Waals surface area contributed by atoms with E-state index >= 15 is 0 Å². The summed E-state index contributed by atoms with van der Waals surface area (Å²) in [4.78, 5) is 2.19. The van der Waals surface area contributed by atoms with Gasteiger partial charge < -0.3 is 10.2 Å². The average molecular weight is 206 g/mol. The van der Waals surface area contributed by atoms with Crippen molar-refractivity contribution in [2.24, 2.45) is 0 Å². The summed E-state index contributed by atoms with van der Waals surface area (Å²) in [6.07, 6.45) is 1.10. The summed E-state index contributed by atoms with van der Waals surface area (Å²) < 4.78 is 0. The molecular formula is C13H22N2. The average Bonchev–Trinajstić information content (AvgIpc) is 2.19. The molecule has 1 N–H and O–H groups in total. The molecule has 0 radical (unpaired) electrons. The Balaban J connectivity index is 3.00. The lowest BCUT2D eigenvalue weighted by molar-refractivity contribution is 0.790. The number of hydrogen-bond donors (Lipinski definition) is 1. The van der Waals surface area contributed by atoms with Crippen molar-refractivity contribution < 1.29 is 0 Å². The van der Waals surface area contributed by atoms with Crippen molar-refractivity contribution >= 4 is 5.69 Å². The fourth-order valence-corrected chi connectivity index (χ4v) is 1.79. The van der Waals surface area contributed by atoms with Crippen LogP contribution in [0.5, 0.6) is 0 Å². The van der Waals surface area contributed by atoms with Crippen molar-refractivity contribution in [3.8, 4) is 0 Å². The third-order valence-electron chi connectivity index (χ3n) is 2.85. The predicted octanol–water partition coefficient (Wildman–Crippen LogP) is 2.13. The van der Waals surface area contributed by atoms with Crippen molar-refractivity contribution in [3.05, 3.63) is 28.8 Å². The monoisotopic (exact) mass is 206 g/mol. The molecule has 0 aliphatic rings. The van der Waals surface area contributed by atoms with E-state index in [1.165, 1.54) is 22.4 Å². The molecule has 84 valence electrons. The smallest absolute Gasteiger partial charge is 0.0396 e. The topological polar surface area (TPSA) is 15.3 Å². The molecule has 0 saturated heterocycles. The van der Waals surface area contributed by atoms with Crippen LogP contribution in [-0.4, -0.2) is 27.7 Å². The van der Waals surface area contributed by atoms with E-state index in [9.17, 15) is 0 Å². The van der Waals surface area contributed by atoms with Gasteiger partial charge in [-0.2, -0.15) is 0 Å². The third-order valence-corrected chi connectivity index (χ3v) is 2.85. The third kappa shape index (κ3) is 2.96. The molecule has 0 heterocycles. The van der Waals surface area contributed by atoms with Crippen LogP contribution in [0.2, 0.25) is 0 Å². The highest BCUT2D eigenvalue weighted by Crippen LogP contribution is 2.23. The summed E-state index contributed by atoms with van der Waals surface area (Å²) in [5, 5.41) is 3.19. The van der Waals surface area contributed by atoms with E-state index < -0.39 is 0 Å². The molecule has 0 unspecified atom stereocenters. The van der Waals surface area contributed by atoms with Gasteiger partial charge in [-0.3, -0.25) is 0 Å². The molecule has 0 saturated carbocycles. The Morgan fingerprint density at radius 2 is 1.87 bits per heavy atom. The maximum Gasteiger partial charge on any atom is 0.0396 e. The van der Waals surface area contributed by atoms with Gasteiger partial charge in [0.05, 0.1) is 0 Å². The van der Waals surface area contributed by atoms with Crippen LogP contribution in [0.3, 0.4) is 0 Å². The van der Waals surface area contributed by atoms with E-state index in [4.69, 9.17) is 0 Å². The summed E-state index contributed by atoms with van der Waals surface area (Å²) in [7, 11) is 6.20. The largest absolute Gasteiger partial charge is 0.377 e. The molecule has 15 heavy (non-hydrogen) atoms. The highest BCUT2D eigenvalue weighted by Gasteiger charge is 2.05. The number of anilines is 1. The van der Waals surface area contributed by atoms with Gasteiger partial charge >= 0.3 is 0 Å². The highest BCUT2D eigenvalue weighted by molar-refractivity contribution is 5.57. The standard InChI is InChI=1S/C13H22N2/c1-10-8-12(6-7-14-3)9-13(11(10)2)15(4)5/h8-9,14H,6-7H2,1-5H3. The van der Waals surface area contributed by atoms with Crippen molar-refractivity contribution in [1.82, 2.24) is 5.32 Å². The van der Waals surface area contributed by atoms with Gasteiger partial charge in [0.25, 0.3) is 0 Å². The Kier molecular flexibility index (Phi) is 4.15. The summed E-state index contributed by atoms with van der Waals surface area (Å²) in [5.74, 6) is 0. The van der Waals surface area contributed by atoms with E-state index in [-0.39, 0.29) is 0 Å². The summed E-state index contributed by atoms with van der Waals surface area (Å²) in [6, 6.07) is 4.58. The lowest BCUT2D eigenvalue weighted by Gasteiger charge is -2.19. The highest BCUT2D eigenvalue weighted by atomic mass is 15.1. The Morgan fingerprint density at radius 1 is 1.20 bits per heavy atom. The molecule has 0 aromatic heterocycles. The number of hydrogen-bond acceptors (Lipinski definition) is 2. The van der Waals surface area contributed by atoms with Gasteiger partial charge in [0.15, 0.2) is 0 Å². The number of nitrogens with zero attached hydrogens (tertiary/aromatic N) is 1. The SMILES string of the molecule is CNCCc1cc(C)c(C)c(N(C)C)c1. The first kappa shape index (κ1) is 12.1. The van der Waals surface area contributed by atoms with Gasteiger partial charge in [-0.25, -0.2) is 0 Å². The maximum atomic E-state index is 3.19. The molecule has 0 amide bonds. The second-order valence-electron chi connectivity index (χ2n) is 4.30. The Morgan fingerprint density at radius 3 is 2.40 bits per heavy atom. The van der Waals surface area contributed by atoms with Crippen LogP contribution in [0, 0.1) is 13.8 Å². The van der Waals surface area contributed by atoms with Crippen LogP contribution in [-0.2, 0) is 6.42 Å². The minimum absolute atomic E-state index is 1.04. The zero-order valence-corrected chi connectivity index (χ0v) is 10.5. The molecule has 1 aromatic carbocycles. The molecule has 2 nitrogen and oxygen atoms in total.